The smallest absolute Gasteiger partial charge is 0.410 e. The Labute approximate surface area is 270 Å². The SMILES string of the molecule is C[C@@H]1CC(c2ccc(CC(=O)c3nc(C#N)cn3COCC[Si](C)(C)C)c(C3=CCCCC3)c2)C[C@H](C)N1C(=O)OC(C)(C)C. The van der Waals surface area contributed by atoms with Gasteiger partial charge in [0.15, 0.2) is 11.5 Å². The van der Waals surface area contributed by atoms with Crippen LogP contribution in [0.5, 0.6) is 0 Å². The van der Waals surface area contributed by atoms with Crippen LogP contribution in [0.15, 0.2) is 30.5 Å². The third-order valence-corrected chi connectivity index (χ3v) is 10.5. The number of aromatic nitrogens is 2. The van der Waals surface area contributed by atoms with Gasteiger partial charge in [0, 0.05) is 39.4 Å². The summed E-state index contributed by atoms with van der Waals surface area (Å²) in [5.41, 5.74) is 4.36. The summed E-state index contributed by atoms with van der Waals surface area (Å²) < 4.78 is 13.3. The van der Waals surface area contributed by atoms with Crippen LogP contribution in [0, 0.1) is 11.3 Å². The summed E-state index contributed by atoms with van der Waals surface area (Å²) in [5, 5.41) is 9.52. The molecule has 1 saturated heterocycles. The topological polar surface area (TPSA) is 97.5 Å². The van der Waals surface area contributed by atoms with Crippen molar-refractivity contribution in [3.8, 4) is 6.07 Å². The number of nitriles is 1. The molecule has 0 N–H and O–H groups in total. The van der Waals surface area contributed by atoms with E-state index in [1.165, 1.54) is 17.6 Å². The lowest BCUT2D eigenvalue weighted by Gasteiger charge is -2.43. The molecular weight excluding hydrogens is 581 g/mol. The van der Waals surface area contributed by atoms with Crippen LogP contribution in [0.3, 0.4) is 0 Å². The van der Waals surface area contributed by atoms with Crippen LogP contribution in [-0.2, 0) is 22.6 Å². The van der Waals surface area contributed by atoms with Crippen molar-refractivity contribution < 1.29 is 19.1 Å². The Morgan fingerprint density at radius 3 is 2.42 bits per heavy atom. The normalized spacial score (nSPS) is 20.8. The Morgan fingerprint density at radius 1 is 1.11 bits per heavy atom. The van der Waals surface area contributed by atoms with E-state index >= 15 is 0 Å². The van der Waals surface area contributed by atoms with E-state index in [0.717, 1.165) is 49.3 Å². The van der Waals surface area contributed by atoms with E-state index in [1.54, 1.807) is 10.8 Å². The molecule has 1 unspecified atom stereocenters. The van der Waals surface area contributed by atoms with Crippen molar-refractivity contribution in [2.45, 2.75) is 136 Å². The lowest BCUT2D eigenvalue weighted by atomic mass is 9.80. The van der Waals surface area contributed by atoms with E-state index in [-0.39, 0.29) is 48.6 Å². The Balaban J connectivity index is 1.56. The van der Waals surface area contributed by atoms with E-state index in [1.807, 2.05) is 25.7 Å². The molecule has 2 aromatic rings. The highest BCUT2D eigenvalue weighted by atomic mass is 28.3. The maximum Gasteiger partial charge on any atom is 0.410 e. The Bertz CT molecular complexity index is 1430. The molecule has 4 rings (SSSR count). The van der Waals surface area contributed by atoms with Crippen LogP contribution in [0.4, 0.5) is 4.79 Å². The fraction of sp³-hybridized carbons (Fsp3) is 0.611. The van der Waals surface area contributed by atoms with Crippen LogP contribution in [-0.4, -0.2) is 58.7 Å². The first-order valence-corrected chi connectivity index (χ1v) is 20.3. The van der Waals surface area contributed by atoms with E-state index < -0.39 is 13.7 Å². The largest absolute Gasteiger partial charge is 0.444 e. The zero-order valence-electron chi connectivity index (χ0n) is 28.6. The number of hydrogen-bond donors (Lipinski definition) is 0. The highest BCUT2D eigenvalue weighted by Gasteiger charge is 2.37. The van der Waals surface area contributed by atoms with E-state index in [0.29, 0.717) is 12.5 Å². The van der Waals surface area contributed by atoms with E-state index in [4.69, 9.17) is 9.47 Å². The predicted molar refractivity (Wildman–Crippen MR) is 181 cm³/mol. The minimum absolute atomic E-state index is 0.0494. The number of carbonyl (C=O) groups is 2. The third kappa shape index (κ3) is 9.40. The summed E-state index contributed by atoms with van der Waals surface area (Å²) in [6, 6.07) is 9.77. The number of likely N-dealkylation sites (tertiary alicyclic amines) is 1. The van der Waals surface area contributed by atoms with Crippen molar-refractivity contribution in [2.75, 3.05) is 6.61 Å². The summed E-state index contributed by atoms with van der Waals surface area (Å²) in [4.78, 5) is 33.0. The molecule has 1 amide bonds. The standard InChI is InChI=1S/C36H52N4O4Si/c1-25-18-30(19-26(2)40(25)35(42)44-36(3,4)5)28-14-15-29(32(20-28)27-12-10-9-11-13-27)21-33(41)34-38-31(22-37)23-39(34)24-43-16-17-45(6,7)8/h12,14-15,20,23,25-26,30H,9-11,13,16-19,21,24H2,1-8H3/t25-,26+,30?. The molecule has 0 spiro atoms. The van der Waals surface area contributed by atoms with Gasteiger partial charge in [-0.2, -0.15) is 5.26 Å². The van der Waals surface area contributed by atoms with Gasteiger partial charge < -0.3 is 18.9 Å². The van der Waals surface area contributed by atoms with Crippen LogP contribution in [0.1, 0.15) is 112 Å². The maximum atomic E-state index is 13.8. The van der Waals surface area contributed by atoms with Crippen molar-refractivity contribution in [1.82, 2.24) is 14.5 Å². The summed E-state index contributed by atoms with van der Waals surface area (Å²) in [7, 11) is -1.25. The number of rotatable bonds is 10. The zero-order valence-corrected chi connectivity index (χ0v) is 29.6. The number of amides is 1. The second-order valence-corrected chi connectivity index (χ2v) is 20.7. The van der Waals surface area contributed by atoms with Crippen molar-refractivity contribution in [2.24, 2.45) is 0 Å². The molecule has 1 aliphatic heterocycles. The lowest BCUT2D eigenvalue weighted by molar-refractivity contribution is -0.00256. The van der Waals surface area contributed by atoms with Crippen LogP contribution >= 0.6 is 0 Å². The van der Waals surface area contributed by atoms with Crippen molar-refractivity contribution >= 4 is 25.5 Å². The Hall–Kier alpha value is -3.22. The molecule has 45 heavy (non-hydrogen) atoms. The van der Waals surface area contributed by atoms with Gasteiger partial charge in [0.1, 0.15) is 18.4 Å². The number of hydrogen-bond acceptors (Lipinski definition) is 6. The molecule has 2 aliphatic rings. The molecule has 1 aromatic carbocycles. The van der Waals surface area contributed by atoms with Gasteiger partial charge in [-0.3, -0.25) is 4.79 Å². The molecule has 0 saturated carbocycles. The number of ketones is 1. The van der Waals surface area contributed by atoms with Crippen LogP contribution in [0.25, 0.3) is 5.57 Å². The molecule has 244 valence electrons. The Morgan fingerprint density at radius 2 is 1.82 bits per heavy atom. The second kappa shape index (κ2) is 14.5. The van der Waals surface area contributed by atoms with E-state index in [2.05, 4.69) is 68.8 Å². The van der Waals surface area contributed by atoms with Crippen LogP contribution < -0.4 is 0 Å². The molecule has 0 radical (unpaired) electrons. The molecule has 3 atom stereocenters. The molecule has 9 heteroatoms. The molecule has 1 fully saturated rings. The summed E-state index contributed by atoms with van der Waals surface area (Å²) in [5.74, 6) is 0.444. The van der Waals surface area contributed by atoms with Gasteiger partial charge in [0.05, 0.1) is 0 Å². The number of allylic oxidation sites excluding steroid dienone is 2. The molecule has 1 aliphatic carbocycles. The number of benzene rings is 1. The highest BCUT2D eigenvalue weighted by Crippen LogP contribution is 2.39. The number of carbonyl (C=O) groups excluding carboxylic acids is 2. The minimum Gasteiger partial charge on any atom is -0.444 e. The summed E-state index contributed by atoms with van der Waals surface area (Å²) >= 11 is 0. The van der Waals surface area contributed by atoms with Gasteiger partial charge >= 0.3 is 6.09 Å². The third-order valence-electron chi connectivity index (χ3n) is 8.77. The average Bonchev–Trinajstić information content (AvgIpc) is 3.37. The quantitative estimate of drug-likeness (QED) is 0.148. The second-order valence-electron chi connectivity index (χ2n) is 15.1. The van der Waals surface area contributed by atoms with Gasteiger partial charge in [-0.1, -0.05) is 43.9 Å². The first-order chi connectivity index (χ1) is 21.1. The van der Waals surface area contributed by atoms with Gasteiger partial charge in [-0.05, 0) is 107 Å². The highest BCUT2D eigenvalue weighted by molar-refractivity contribution is 6.76. The monoisotopic (exact) mass is 632 g/mol. The molecule has 1 aromatic heterocycles. The van der Waals surface area contributed by atoms with Crippen LogP contribution in [0.2, 0.25) is 25.7 Å². The molecule has 2 heterocycles. The van der Waals surface area contributed by atoms with Gasteiger partial charge in [0.2, 0.25) is 5.78 Å². The number of ether oxygens (including phenoxy) is 2. The van der Waals surface area contributed by atoms with Gasteiger partial charge in [0.25, 0.3) is 0 Å². The zero-order chi connectivity index (χ0) is 32.9. The fourth-order valence-electron chi connectivity index (χ4n) is 6.50. The van der Waals surface area contributed by atoms with Crippen molar-refractivity contribution in [3.05, 3.63) is 58.7 Å². The number of nitrogens with zero attached hydrogens (tertiary/aromatic N) is 4. The maximum absolute atomic E-state index is 13.8. The average molecular weight is 633 g/mol. The van der Waals surface area contributed by atoms with Crippen molar-refractivity contribution in [3.63, 3.8) is 0 Å². The fourth-order valence-corrected chi connectivity index (χ4v) is 7.25. The Kier molecular flexibility index (Phi) is 11.1. The minimum atomic E-state index is -1.25. The summed E-state index contributed by atoms with van der Waals surface area (Å²) in [6.45, 7) is 17.7. The number of piperidine rings is 1. The number of imidazole rings is 1. The first-order valence-electron chi connectivity index (χ1n) is 16.6. The summed E-state index contributed by atoms with van der Waals surface area (Å²) in [6.07, 6.45) is 9.95. The first kappa shape index (κ1) is 34.6. The predicted octanol–water partition coefficient (Wildman–Crippen LogP) is 8.34. The molecular formula is C36H52N4O4Si. The van der Waals surface area contributed by atoms with Gasteiger partial charge in [-0.15, -0.1) is 0 Å². The van der Waals surface area contributed by atoms with Gasteiger partial charge in [-0.25, -0.2) is 9.78 Å². The lowest BCUT2D eigenvalue weighted by Crippen LogP contribution is -2.51. The van der Waals surface area contributed by atoms with Crippen molar-refractivity contribution in [1.29, 1.82) is 5.26 Å². The molecule has 8 nitrogen and oxygen atoms in total. The molecule has 0 bridgehead atoms. The van der Waals surface area contributed by atoms with E-state index in [9.17, 15) is 14.9 Å². The number of Topliss-reactive ketones (excluding diaryl/α,β-unsaturated/α-hetero) is 1.